The van der Waals surface area contributed by atoms with Crippen LogP contribution in [0.3, 0.4) is 0 Å². The Labute approximate surface area is 155 Å². The Morgan fingerprint density at radius 3 is 2.15 bits per heavy atom. The predicted octanol–water partition coefficient (Wildman–Crippen LogP) is 3.43. The van der Waals surface area contributed by atoms with Crippen molar-refractivity contribution in [2.75, 3.05) is 6.26 Å². The van der Waals surface area contributed by atoms with Crippen LogP contribution in [0.1, 0.15) is 37.4 Å². The molecule has 2 aromatic carbocycles. The molecule has 0 saturated carbocycles. The standard InChI is InChI=1S/C20H25NO4S/c1-5-19(25-17-10-6-14(2)7-11-17)20(22)21-15(3)16-8-12-18(13-9-16)26(4,23)24/h6-13,15,19H,5H2,1-4H3,(H,21,22)/t15-,19-/m1/s1. The maximum absolute atomic E-state index is 12.5. The van der Waals surface area contributed by atoms with Gasteiger partial charge in [-0.25, -0.2) is 8.42 Å². The number of carbonyl (C=O) groups is 1. The largest absolute Gasteiger partial charge is 0.481 e. The zero-order chi connectivity index (χ0) is 19.3. The molecular formula is C20H25NO4S. The average molecular weight is 375 g/mol. The van der Waals surface area contributed by atoms with Crippen LogP contribution in [0.15, 0.2) is 53.4 Å². The first-order valence-electron chi connectivity index (χ1n) is 8.54. The summed E-state index contributed by atoms with van der Waals surface area (Å²) in [5.41, 5.74) is 1.96. The van der Waals surface area contributed by atoms with Crippen LogP contribution < -0.4 is 10.1 Å². The van der Waals surface area contributed by atoms with Crippen molar-refractivity contribution < 1.29 is 17.9 Å². The lowest BCUT2D eigenvalue weighted by molar-refractivity contribution is -0.128. The normalized spacial score (nSPS) is 13.7. The SMILES string of the molecule is CC[C@@H](Oc1ccc(C)cc1)C(=O)N[C@H](C)c1ccc(S(C)(=O)=O)cc1. The highest BCUT2D eigenvalue weighted by atomic mass is 32.2. The summed E-state index contributed by atoms with van der Waals surface area (Å²) in [6.45, 7) is 5.74. The van der Waals surface area contributed by atoms with Crippen molar-refractivity contribution in [1.29, 1.82) is 0 Å². The first-order valence-corrected chi connectivity index (χ1v) is 10.4. The fourth-order valence-electron chi connectivity index (χ4n) is 2.50. The van der Waals surface area contributed by atoms with Crippen molar-refractivity contribution in [2.24, 2.45) is 0 Å². The number of hydrogen-bond acceptors (Lipinski definition) is 4. The Bertz CT molecular complexity index is 842. The Hall–Kier alpha value is -2.34. The van der Waals surface area contributed by atoms with E-state index in [0.717, 1.165) is 11.1 Å². The number of carbonyl (C=O) groups excluding carboxylic acids is 1. The number of aryl methyl sites for hydroxylation is 1. The lowest BCUT2D eigenvalue weighted by Gasteiger charge is -2.21. The maximum atomic E-state index is 12.5. The maximum Gasteiger partial charge on any atom is 0.261 e. The van der Waals surface area contributed by atoms with E-state index in [1.165, 1.54) is 6.26 Å². The molecule has 0 fully saturated rings. The highest BCUT2D eigenvalue weighted by molar-refractivity contribution is 7.90. The third kappa shape index (κ3) is 5.33. The zero-order valence-corrected chi connectivity index (χ0v) is 16.3. The van der Waals surface area contributed by atoms with Crippen LogP contribution in [-0.4, -0.2) is 26.7 Å². The summed E-state index contributed by atoms with van der Waals surface area (Å²) in [5.74, 6) is 0.454. The molecule has 6 heteroatoms. The van der Waals surface area contributed by atoms with Gasteiger partial charge < -0.3 is 10.1 Å². The lowest BCUT2D eigenvalue weighted by Crippen LogP contribution is -2.39. The minimum atomic E-state index is -3.23. The minimum absolute atomic E-state index is 0.201. The first-order chi connectivity index (χ1) is 12.2. The van der Waals surface area contributed by atoms with Crippen molar-refractivity contribution in [3.8, 4) is 5.75 Å². The van der Waals surface area contributed by atoms with Crippen LogP contribution >= 0.6 is 0 Å². The average Bonchev–Trinajstić information content (AvgIpc) is 2.60. The quantitative estimate of drug-likeness (QED) is 0.805. The second-order valence-corrected chi connectivity index (χ2v) is 8.42. The molecule has 0 aliphatic rings. The molecule has 0 radical (unpaired) electrons. The molecular weight excluding hydrogens is 350 g/mol. The van der Waals surface area contributed by atoms with E-state index in [1.54, 1.807) is 24.3 Å². The summed E-state index contributed by atoms with van der Waals surface area (Å²) in [5, 5.41) is 2.92. The summed E-state index contributed by atoms with van der Waals surface area (Å²) in [7, 11) is -3.23. The van der Waals surface area contributed by atoms with Crippen LogP contribution in [0.25, 0.3) is 0 Å². The summed E-state index contributed by atoms with van der Waals surface area (Å²) in [6.07, 6.45) is 1.12. The molecule has 0 aliphatic carbocycles. The van der Waals surface area contributed by atoms with E-state index in [2.05, 4.69) is 5.32 Å². The van der Waals surface area contributed by atoms with Crippen LogP contribution in [-0.2, 0) is 14.6 Å². The van der Waals surface area contributed by atoms with Crippen LogP contribution in [0.2, 0.25) is 0 Å². The number of hydrogen-bond donors (Lipinski definition) is 1. The number of nitrogens with one attached hydrogen (secondary N) is 1. The second-order valence-electron chi connectivity index (χ2n) is 6.40. The molecule has 1 N–H and O–H groups in total. The molecule has 2 atom stereocenters. The van der Waals surface area contributed by atoms with Crippen LogP contribution in [0, 0.1) is 6.92 Å². The number of sulfone groups is 1. The summed E-state index contributed by atoms with van der Waals surface area (Å²) < 4.78 is 28.8. The molecule has 0 spiro atoms. The van der Waals surface area contributed by atoms with E-state index in [9.17, 15) is 13.2 Å². The van der Waals surface area contributed by atoms with E-state index < -0.39 is 15.9 Å². The molecule has 0 aromatic heterocycles. The van der Waals surface area contributed by atoms with Gasteiger partial charge in [-0.15, -0.1) is 0 Å². The van der Waals surface area contributed by atoms with Crippen molar-refractivity contribution >= 4 is 15.7 Å². The van der Waals surface area contributed by atoms with Crippen molar-refractivity contribution in [3.63, 3.8) is 0 Å². The van der Waals surface area contributed by atoms with Gasteiger partial charge in [0, 0.05) is 6.26 Å². The number of amides is 1. The molecule has 2 aromatic rings. The molecule has 0 aliphatic heterocycles. The summed E-state index contributed by atoms with van der Waals surface area (Å²) >= 11 is 0. The molecule has 2 rings (SSSR count). The van der Waals surface area contributed by atoms with Gasteiger partial charge in [-0.1, -0.05) is 36.8 Å². The van der Waals surface area contributed by atoms with Crippen molar-refractivity contribution in [2.45, 2.75) is 44.2 Å². The van der Waals surface area contributed by atoms with Gasteiger partial charge in [0.2, 0.25) is 0 Å². The predicted molar refractivity (Wildman–Crippen MR) is 102 cm³/mol. The minimum Gasteiger partial charge on any atom is -0.481 e. The van der Waals surface area contributed by atoms with E-state index in [4.69, 9.17) is 4.74 Å². The van der Waals surface area contributed by atoms with Gasteiger partial charge in [0.1, 0.15) is 5.75 Å². The highest BCUT2D eigenvalue weighted by Crippen LogP contribution is 2.18. The third-order valence-electron chi connectivity index (χ3n) is 4.13. The molecule has 0 saturated heterocycles. The molecule has 0 unspecified atom stereocenters. The fraction of sp³-hybridized carbons (Fsp3) is 0.350. The summed E-state index contributed by atoms with van der Waals surface area (Å²) in [4.78, 5) is 12.8. The van der Waals surface area contributed by atoms with Gasteiger partial charge in [0.05, 0.1) is 10.9 Å². The van der Waals surface area contributed by atoms with Gasteiger partial charge in [0.15, 0.2) is 15.9 Å². The number of rotatable bonds is 7. The Kier molecular flexibility index (Phi) is 6.42. The Morgan fingerprint density at radius 2 is 1.65 bits per heavy atom. The zero-order valence-electron chi connectivity index (χ0n) is 15.5. The van der Waals surface area contributed by atoms with Gasteiger partial charge in [-0.2, -0.15) is 0 Å². The number of benzene rings is 2. The van der Waals surface area contributed by atoms with Crippen molar-refractivity contribution in [3.05, 3.63) is 59.7 Å². The first kappa shape index (κ1) is 20.0. The van der Waals surface area contributed by atoms with Gasteiger partial charge in [0.25, 0.3) is 5.91 Å². The molecule has 26 heavy (non-hydrogen) atoms. The Morgan fingerprint density at radius 1 is 1.08 bits per heavy atom. The molecule has 0 bridgehead atoms. The second kappa shape index (κ2) is 8.36. The van der Waals surface area contributed by atoms with Crippen LogP contribution in [0.4, 0.5) is 0 Å². The lowest BCUT2D eigenvalue weighted by atomic mass is 10.1. The van der Waals surface area contributed by atoms with E-state index in [1.807, 2.05) is 45.0 Å². The molecule has 140 valence electrons. The van der Waals surface area contributed by atoms with Gasteiger partial charge in [-0.05, 0) is 50.1 Å². The van der Waals surface area contributed by atoms with Gasteiger partial charge in [-0.3, -0.25) is 4.79 Å². The van der Waals surface area contributed by atoms with E-state index in [-0.39, 0.29) is 16.8 Å². The smallest absolute Gasteiger partial charge is 0.261 e. The monoisotopic (exact) mass is 375 g/mol. The van der Waals surface area contributed by atoms with E-state index >= 15 is 0 Å². The fourth-order valence-corrected chi connectivity index (χ4v) is 3.13. The Balaban J connectivity index is 2.03. The topological polar surface area (TPSA) is 72.5 Å². The molecule has 1 amide bonds. The molecule has 0 heterocycles. The van der Waals surface area contributed by atoms with Crippen molar-refractivity contribution in [1.82, 2.24) is 5.32 Å². The highest BCUT2D eigenvalue weighted by Gasteiger charge is 2.21. The van der Waals surface area contributed by atoms with Gasteiger partial charge >= 0.3 is 0 Å². The summed E-state index contributed by atoms with van der Waals surface area (Å²) in [6, 6.07) is 13.8. The third-order valence-corrected chi connectivity index (χ3v) is 5.26. The number of ether oxygens (including phenoxy) is 1. The molecule has 5 nitrogen and oxygen atoms in total. The van der Waals surface area contributed by atoms with E-state index in [0.29, 0.717) is 12.2 Å². The van der Waals surface area contributed by atoms with Crippen LogP contribution in [0.5, 0.6) is 5.75 Å².